The number of allylic oxidation sites excluding steroid dienone is 11. The lowest BCUT2D eigenvalue weighted by atomic mass is 9.76. The first-order valence-electron chi connectivity index (χ1n) is 17.6. The second-order valence-electron chi connectivity index (χ2n) is 14.5. The second kappa shape index (κ2) is 10.6. The smallest absolute Gasteiger partial charge is 0.0417 e. The highest BCUT2D eigenvalue weighted by molar-refractivity contribution is 8.04. The molecule has 44 heavy (non-hydrogen) atoms. The number of rotatable bonds is 4. The van der Waals surface area contributed by atoms with Gasteiger partial charge in [-0.25, -0.2) is 0 Å². The van der Waals surface area contributed by atoms with Crippen LogP contribution in [0.2, 0.25) is 0 Å². The largest absolute Gasteiger partial charge is 0.149 e. The molecule has 1 saturated heterocycles. The molecule has 222 valence electrons. The van der Waals surface area contributed by atoms with Gasteiger partial charge in [0.25, 0.3) is 0 Å². The highest BCUT2D eigenvalue weighted by atomic mass is 32.2. The van der Waals surface area contributed by atoms with Crippen LogP contribution in [-0.2, 0) is 0 Å². The maximum absolute atomic E-state index is 2.67. The molecular formula is C42H42S2. The quantitative estimate of drug-likeness (QED) is 0.316. The predicted molar refractivity (Wildman–Crippen MR) is 192 cm³/mol. The van der Waals surface area contributed by atoms with Gasteiger partial charge < -0.3 is 0 Å². The van der Waals surface area contributed by atoms with Crippen LogP contribution in [0.5, 0.6) is 0 Å². The zero-order valence-electron chi connectivity index (χ0n) is 25.6. The summed E-state index contributed by atoms with van der Waals surface area (Å²) in [6.07, 6.45) is 35.9. The molecule has 0 aromatic heterocycles. The minimum Gasteiger partial charge on any atom is -0.149 e. The van der Waals surface area contributed by atoms with Crippen molar-refractivity contribution >= 4 is 39.9 Å². The van der Waals surface area contributed by atoms with Crippen molar-refractivity contribution < 1.29 is 0 Å². The second-order valence-corrected chi connectivity index (χ2v) is 16.9. The lowest BCUT2D eigenvalue weighted by molar-refractivity contribution is 0.409. The van der Waals surface area contributed by atoms with Crippen molar-refractivity contribution in [2.45, 2.75) is 104 Å². The third-order valence-electron chi connectivity index (χ3n) is 12.3. The zero-order chi connectivity index (χ0) is 28.8. The van der Waals surface area contributed by atoms with Gasteiger partial charge in [-0.2, -0.15) is 0 Å². The molecule has 0 nitrogen and oxygen atoms in total. The SMILES string of the molecule is C1=CCCC(C2=C3c4ccc5c6c(ccc(c46)C3C(C3=CC=CCC3)S2)C2C(C3=CCCCC3)SC(C3CC=CCC3)C52)=C1. The molecule has 0 radical (unpaired) electrons. The molecule has 1 fully saturated rings. The predicted octanol–water partition coefficient (Wildman–Crippen LogP) is 11.8. The van der Waals surface area contributed by atoms with E-state index in [-0.39, 0.29) is 0 Å². The van der Waals surface area contributed by atoms with Gasteiger partial charge >= 0.3 is 0 Å². The fourth-order valence-electron chi connectivity index (χ4n) is 10.4. The lowest BCUT2D eigenvalue weighted by Gasteiger charge is -2.29. The summed E-state index contributed by atoms with van der Waals surface area (Å²) in [5.74, 6) is 2.62. The van der Waals surface area contributed by atoms with Crippen LogP contribution in [-0.4, -0.2) is 15.7 Å². The average Bonchev–Trinajstić information content (AvgIpc) is 3.84. The topological polar surface area (TPSA) is 0 Å². The van der Waals surface area contributed by atoms with E-state index in [9.17, 15) is 0 Å². The molecule has 2 heterocycles. The molecule has 6 aliphatic carbocycles. The fraction of sp³-hybridized carbons (Fsp3) is 0.429. The number of thioether (sulfide) groups is 2. The Morgan fingerprint density at radius 3 is 2.32 bits per heavy atom. The van der Waals surface area contributed by atoms with Crippen LogP contribution in [0.15, 0.2) is 101 Å². The van der Waals surface area contributed by atoms with Gasteiger partial charge in [0.15, 0.2) is 0 Å². The molecule has 7 atom stereocenters. The molecule has 10 rings (SSSR count). The summed E-state index contributed by atoms with van der Waals surface area (Å²) in [7, 11) is 0. The molecule has 0 saturated carbocycles. The highest BCUT2D eigenvalue weighted by Gasteiger charge is 2.54. The van der Waals surface area contributed by atoms with Gasteiger partial charge in [-0.1, -0.05) is 90.1 Å². The van der Waals surface area contributed by atoms with Crippen LogP contribution in [0.3, 0.4) is 0 Å². The molecular weight excluding hydrogens is 569 g/mol. The molecule has 0 N–H and O–H groups in total. The Bertz CT molecular complexity index is 1790. The molecule has 2 aromatic carbocycles. The summed E-state index contributed by atoms with van der Waals surface area (Å²) in [6.45, 7) is 0. The first-order chi connectivity index (χ1) is 21.9. The van der Waals surface area contributed by atoms with Gasteiger partial charge in [-0.15, -0.1) is 23.5 Å². The standard InChI is InChI=1S/C42H42S2/c1-5-13-25(14-6-1)39-35-29-21-22-31-34-32(24-23-30(33(29)34)36(35)40(43-39)26-15-7-2-8-16-26)38-37(31)41(27-17-9-3-10-18-27)44-42(38)28-19-11-4-12-20-28/h1-3,5,7,9,13,15,19,21-24,27,36-38,40-42H,4,6,8,10-12,14,16-18,20H2. The monoisotopic (exact) mass is 610 g/mol. The number of benzene rings is 2. The van der Waals surface area contributed by atoms with Crippen LogP contribution < -0.4 is 0 Å². The van der Waals surface area contributed by atoms with Crippen molar-refractivity contribution in [3.63, 3.8) is 0 Å². The fourth-order valence-corrected chi connectivity index (χ4v) is 14.3. The molecule has 2 aliphatic heterocycles. The lowest BCUT2D eigenvalue weighted by Crippen LogP contribution is -2.23. The third-order valence-corrected chi connectivity index (χ3v) is 15.7. The Hall–Kier alpha value is -2.42. The van der Waals surface area contributed by atoms with Crippen LogP contribution >= 0.6 is 23.5 Å². The molecule has 7 unspecified atom stereocenters. The van der Waals surface area contributed by atoms with E-state index in [0.717, 1.165) is 11.2 Å². The summed E-state index contributed by atoms with van der Waals surface area (Å²) < 4.78 is 0. The van der Waals surface area contributed by atoms with Crippen molar-refractivity contribution in [3.8, 4) is 0 Å². The van der Waals surface area contributed by atoms with E-state index in [0.29, 0.717) is 28.3 Å². The molecule has 2 aromatic rings. The molecule has 0 amide bonds. The van der Waals surface area contributed by atoms with Crippen molar-refractivity contribution in [2.75, 3.05) is 0 Å². The van der Waals surface area contributed by atoms with Crippen LogP contribution in [0.25, 0.3) is 16.3 Å². The highest BCUT2D eigenvalue weighted by Crippen LogP contribution is 2.69. The summed E-state index contributed by atoms with van der Waals surface area (Å²) in [5.41, 5.74) is 13.3. The van der Waals surface area contributed by atoms with Crippen molar-refractivity contribution in [1.82, 2.24) is 0 Å². The maximum atomic E-state index is 2.67. The summed E-state index contributed by atoms with van der Waals surface area (Å²) in [5, 5.41) is 5.27. The zero-order valence-corrected chi connectivity index (χ0v) is 27.3. The number of hydrogen-bond acceptors (Lipinski definition) is 2. The van der Waals surface area contributed by atoms with E-state index in [1.165, 1.54) is 70.6 Å². The van der Waals surface area contributed by atoms with E-state index in [4.69, 9.17) is 0 Å². The van der Waals surface area contributed by atoms with Gasteiger partial charge in [-0.05, 0) is 121 Å². The van der Waals surface area contributed by atoms with E-state index in [1.54, 1.807) is 60.2 Å². The molecule has 2 heteroatoms. The first kappa shape index (κ1) is 26.8. The third kappa shape index (κ3) is 3.86. The Kier molecular flexibility index (Phi) is 6.42. The Labute approximate surface area is 271 Å². The first-order valence-corrected chi connectivity index (χ1v) is 19.4. The molecule has 8 aliphatic rings. The Balaban J connectivity index is 1.17. The van der Waals surface area contributed by atoms with Gasteiger partial charge in [-0.3, -0.25) is 0 Å². The minimum absolute atomic E-state index is 0.491. The average molecular weight is 611 g/mol. The Morgan fingerprint density at radius 2 is 1.52 bits per heavy atom. The van der Waals surface area contributed by atoms with Crippen LogP contribution in [0.4, 0.5) is 0 Å². The summed E-state index contributed by atoms with van der Waals surface area (Å²) in [6, 6.07) is 10.5. The van der Waals surface area contributed by atoms with E-state index >= 15 is 0 Å². The van der Waals surface area contributed by atoms with E-state index < -0.39 is 0 Å². The van der Waals surface area contributed by atoms with Gasteiger partial charge in [0.1, 0.15) is 0 Å². The normalized spacial score (nSPS) is 34.8. The van der Waals surface area contributed by atoms with Gasteiger partial charge in [0.05, 0.1) is 0 Å². The summed E-state index contributed by atoms with van der Waals surface area (Å²) >= 11 is 4.60. The van der Waals surface area contributed by atoms with Crippen molar-refractivity contribution in [1.29, 1.82) is 0 Å². The number of fused-ring (bicyclic) bond motifs is 6. The minimum atomic E-state index is 0.491. The van der Waals surface area contributed by atoms with Crippen molar-refractivity contribution in [3.05, 3.63) is 123 Å². The Morgan fingerprint density at radius 1 is 0.659 bits per heavy atom. The van der Waals surface area contributed by atoms with Crippen LogP contribution in [0.1, 0.15) is 111 Å². The maximum Gasteiger partial charge on any atom is 0.0417 e. The molecule has 0 bridgehead atoms. The van der Waals surface area contributed by atoms with Crippen molar-refractivity contribution in [2.24, 2.45) is 5.92 Å². The summed E-state index contributed by atoms with van der Waals surface area (Å²) in [4.78, 5) is 1.61. The van der Waals surface area contributed by atoms with E-state index in [2.05, 4.69) is 102 Å². The van der Waals surface area contributed by atoms with Gasteiger partial charge in [0.2, 0.25) is 0 Å². The number of hydrogen-bond donors (Lipinski definition) is 0. The van der Waals surface area contributed by atoms with E-state index in [1.807, 2.05) is 0 Å². The molecule has 0 spiro atoms. The van der Waals surface area contributed by atoms with Gasteiger partial charge in [0, 0.05) is 38.4 Å². The van der Waals surface area contributed by atoms with Crippen LogP contribution in [0, 0.1) is 5.92 Å².